The zero-order valence-corrected chi connectivity index (χ0v) is 9.44. The standard InChI is InChI=1S/C12H11NO4/c1-7(14)13-12(17-2)10(15)8-5-3-4-6-9(8)11(12)16/h3-6H,1-2H3,(H,13,14). The zero-order chi connectivity index (χ0) is 12.6. The first kappa shape index (κ1) is 11.5. The van der Waals surface area contributed by atoms with E-state index >= 15 is 0 Å². The van der Waals surface area contributed by atoms with E-state index in [2.05, 4.69) is 5.32 Å². The molecule has 0 saturated carbocycles. The lowest BCUT2D eigenvalue weighted by Crippen LogP contribution is -2.57. The Kier molecular flexibility index (Phi) is 2.55. The lowest BCUT2D eigenvalue weighted by atomic mass is 10.1. The number of carbonyl (C=O) groups is 3. The van der Waals surface area contributed by atoms with Crippen LogP contribution in [0.15, 0.2) is 24.3 Å². The molecule has 0 spiro atoms. The molecule has 0 saturated heterocycles. The minimum absolute atomic E-state index is 0.271. The number of ether oxygens (including phenoxy) is 1. The number of nitrogens with one attached hydrogen (secondary N) is 1. The number of methoxy groups -OCH3 is 1. The molecule has 1 aromatic rings. The number of hydrogen-bond donors (Lipinski definition) is 1. The number of ketones is 2. The number of fused-ring (bicyclic) bond motifs is 1. The molecule has 0 radical (unpaired) electrons. The third-order valence-electron chi connectivity index (χ3n) is 2.71. The normalized spacial score (nSPS) is 16.8. The second kappa shape index (κ2) is 3.78. The molecule has 1 N–H and O–H groups in total. The van der Waals surface area contributed by atoms with E-state index in [9.17, 15) is 14.4 Å². The van der Waals surface area contributed by atoms with Gasteiger partial charge in [-0.1, -0.05) is 24.3 Å². The minimum Gasteiger partial charge on any atom is -0.346 e. The Morgan fingerprint density at radius 3 is 2.00 bits per heavy atom. The van der Waals surface area contributed by atoms with Crippen LogP contribution in [0.1, 0.15) is 27.6 Å². The Morgan fingerprint density at radius 1 is 1.18 bits per heavy atom. The molecule has 0 aliphatic heterocycles. The van der Waals surface area contributed by atoms with E-state index in [4.69, 9.17) is 4.74 Å². The maximum Gasteiger partial charge on any atom is 0.270 e. The highest BCUT2D eigenvalue weighted by Gasteiger charge is 2.54. The second-order valence-electron chi connectivity index (χ2n) is 3.77. The molecule has 0 fully saturated rings. The number of rotatable bonds is 2. The average molecular weight is 233 g/mol. The fourth-order valence-corrected chi connectivity index (χ4v) is 1.96. The molecule has 0 aromatic heterocycles. The monoisotopic (exact) mass is 233 g/mol. The molecule has 0 bridgehead atoms. The topological polar surface area (TPSA) is 72.5 Å². The summed E-state index contributed by atoms with van der Waals surface area (Å²) in [6.45, 7) is 1.23. The van der Waals surface area contributed by atoms with Gasteiger partial charge in [0.1, 0.15) is 0 Å². The van der Waals surface area contributed by atoms with Gasteiger partial charge in [0.2, 0.25) is 17.5 Å². The van der Waals surface area contributed by atoms with Crippen molar-refractivity contribution in [1.29, 1.82) is 0 Å². The third-order valence-corrected chi connectivity index (χ3v) is 2.71. The van der Waals surface area contributed by atoms with Crippen LogP contribution in [0, 0.1) is 0 Å². The molecule has 2 rings (SSSR count). The van der Waals surface area contributed by atoms with Gasteiger partial charge in [-0.15, -0.1) is 0 Å². The van der Waals surface area contributed by atoms with Crippen LogP contribution in [0.3, 0.4) is 0 Å². The highest BCUT2D eigenvalue weighted by molar-refractivity contribution is 6.32. The summed E-state index contributed by atoms with van der Waals surface area (Å²) in [5, 5.41) is 2.29. The van der Waals surface area contributed by atoms with Gasteiger partial charge in [-0.3, -0.25) is 14.4 Å². The molecule has 1 aliphatic rings. The van der Waals surface area contributed by atoms with E-state index < -0.39 is 23.2 Å². The SMILES string of the molecule is COC1(NC(C)=O)C(=O)c2ccccc2C1=O. The Hall–Kier alpha value is -2.01. The maximum absolute atomic E-state index is 12.1. The van der Waals surface area contributed by atoms with Crippen LogP contribution >= 0.6 is 0 Å². The number of hydrogen-bond acceptors (Lipinski definition) is 4. The summed E-state index contributed by atoms with van der Waals surface area (Å²) in [5.41, 5.74) is -1.35. The molecular formula is C12H11NO4. The molecule has 0 heterocycles. The van der Waals surface area contributed by atoms with Crippen LogP contribution in [0.25, 0.3) is 0 Å². The molecular weight excluding hydrogens is 222 g/mol. The van der Waals surface area contributed by atoms with Crippen LogP contribution in [0.2, 0.25) is 0 Å². The summed E-state index contributed by atoms with van der Waals surface area (Å²) in [7, 11) is 1.22. The lowest BCUT2D eigenvalue weighted by molar-refractivity contribution is -0.124. The molecule has 0 unspecified atom stereocenters. The maximum atomic E-state index is 12.1. The van der Waals surface area contributed by atoms with Gasteiger partial charge in [0, 0.05) is 25.2 Å². The minimum atomic E-state index is -1.89. The van der Waals surface area contributed by atoms with E-state index in [0.717, 1.165) is 0 Å². The molecule has 1 amide bonds. The van der Waals surface area contributed by atoms with Gasteiger partial charge in [-0.05, 0) is 0 Å². The van der Waals surface area contributed by atoms with Gasteiger partial charge in [0.25, 0.3) is 5.72 Å². The molecule has 1 aliphatic carbocycles. The first-order valence-corrected chi connectivity index (χ1v) is 5.05. The van der Waals surface area contributed by atoms with Crippen molar-refractivity contribution in [3.8, 4) is 0 Å². The van der Waals surface area contributed by atoms with E-state index in [1.54, 1.807) is 12.1 Å². The van der Waals surface area contributed by atoms with Crippen molar-refractivity contribution in [2.75, 3.05) is 7.11 Å². The highest BCUT2D eigenvalue weighted by Crippen LogP contribution is 2.30. The second-order valence-corrected chi connectivity index (χ2v) is 3.77. The van der Waals surface area contributed by atoms with Crippen molar-refractivity contribution in [2.24, 2.45) is 0 Å². The van der Waals surface area contributed by atoms with Crippen molar-refractivity contribution >= 4 is 17.5 Å². The zero-order valence-electron chi connectivity index (χ0n) is 9.44. The van der Waals surface area contributed by atoms with Crippen LogP contribution in [0.4, 0.5) is 0 Å². The number of carbonyl (C=O) groups excluding carboxylic acids is 3. The van der Waals surface area contributed by atoms with E-state index in [0.29, 0.717) is 0 Å². The molecule has 1 aromatic carbocycles. The third kappa shape index (κ3) is 1.47. The van der Waals surface area contributed by atoms with E-state index in [-0.39, 0.29) is 11.1 Å². The summed E-state index contributed by atoms with van der Waals surface area (Å²) < 4.78 is 4.99. The number of amides is 1. The molecule has 5 heteroatoms. The largest absolute Gasteiger partial charge is 0.346 e. The van der Waals surface area contributed by atoms with Gasteiger partial charge in [-0.25, -0.2) is 0 Å². The Balaban J connectivity index is 2.57. The van der Waals surface area contributed by atoms with Crippen LogP contribution in [-0.4, -0.2) is 30.3 Å². The molecule has 0 atom stereocenters. The molecule has 17 heavy (non-hydrogen) atoms. The summed E-state index contributed by atoms with van der Waals surface area (Å²) in [6, 6.07) is 6.39. The molecule has 88 valence electrons. The van der Waals surface area contributed by atoms with Gasteiger partial charge in [-0.2, -0.15) is 0 Å². The summed E-state index contributed by atoms with van der Waals surface area (Å²) in [4.78, 5) is 35.4. The predicted octanol–water partition coefficient (Wildman–Crippen LogP) is 0.544. The van der Waals surface area contributed by atoms with Crippen molar-refractivity contribution in [2.45, 2.75) is 12.6 Å². The van der Waals surface area contributed by atoms with Crippen molar-refractivity contribution in [1.82, 2.24) is 5.32 Å². The average Bonchev–Trinajstić information content (AvgIpc) is 2.52. The highest BCUT2D eigenvalue weighted by atomic mass is 16.5. The fraction of sp³-hybridized carbons (Fsp3) is 0.250. The summed E-state index contributed by atoms with van der Waals surface area (Å²) >= 11 is 0. The first-order valence-electron chi connectivity index (χ1n) is 5.05. The van der Waals surface area contributed by atoms with Crippen molar-refractivity contribution in [3.05, 3.63) is 35.4 Å². The summed E-state index contributed by atoms with van der Waals surface area (Å²) in [6.07, 6.45) is 0. The van der Waals surface area contributed by atoms with Crippen molar-refractivity contribution in [3.63, 3.8) is 0 Å². The number of benzene rings is 1. The first-order chi connectivity index (χ1) is 8.03. The smallest absolute Gasteiger partial charge is 0.270 e. The van der Waals surface area contributed by atoms with E-state index in [1.165, 1.54) is 26.2 Å². The Morgan fingerprint density at radius 2 is 1.65 bits per heavy atom. The van der Waals surface area contributed by atoms with Gasteiger partial charge >= 0.3 is 0 Å². The van der Waals surface area contributed by atoms with Crippen molar-refractivity contribution < 1.29 is 19.1 Å². The predicted molar refractivity (Wildman–Crippen MR) is 58.7 cm³/mol. The summed E-state index contributed by atoms with van der Waals surface area (Å²) in [5.74, 6) is -1.56. The van der Waals surface area contributed by atoms with Gasteiger partial charge in [0.05, 0.1) is 0 Å². The van der Waals surface area contributed by atoms with Crippen LogP contribution < -0.4 is 5.32 Å². The number of Topliss-reactive ketones (excluding diaryl/α,β-unsaturated/α-hetero) is 2. The van der Waals surface area contributed by atoms with Crippen LogP contribution in [-0.2, 0) is 9.53 Å². The molecule has 5 nitrogen and oxygen atoms in total. The Bertz CT molecular complexity index is 486. The van der Waals surface area contributed by atoms with Crippen LogP contribution in [0.5, 0.6) is 0 Å². The van der Waals surface area contributed by atoms with E-state index in [1.807, 2.05) is 0 Å². The Labute approximate surface area is 97.8 Å². The van der Waals surface area contributed by atoms with Gasteiger partial charge in [0.15, 0.2) is 0 Å². The van der Waals surface area contributed by atoms with Gasteiger partial charge < -0.3 is 10.1 Å². The lowest BCUT2D eigenvalue weighted by Gasteiger charge is -2.24. The fourth-order valence-electron chi connectivity index (χ4n) is 1.96. The quantitative estimate of drug-likeness (QED) is 0.598.